The Morgan fingerprint density at radius 3 is 2.93 bits per heavy atom. The predicted molar refractivity (Wildman–Crippen MR) is 111 cm³/mol. The van der Waals surface area contributed by atoms with Gasteiger partial charge in [0.25, 0.3) is 5.91 Å². The first-order valence-corrected chi connectivity index (χ1v) is 10.4. The highest BCUT2D eigenvalue weighted by Crippen LogP contribution is 2.29. The first-order chi connectivity index (χ1) is 14.0. The summed E-state index contributed by atoms with van der Waals surface area (Å²) in [5.74, 6) is 1.60. The maximum absolute atomic E-state index is 13.0. The number of halogens is 1. The molecule has 0 unspecified atom stereocenters. The maximum atomic E-state index is 13.0. The van der Waals surface area contributed by atoms with E-state index < -0.39 is 0 Å². The van der Waals surface area contributed by atoms with Gasteiger partial charge in [0.05, 0.1) is 12.1 Å². The Balaban J connectivity index is 1.46. The summed E-state index contributed by atoms with van der Waals surface area (Å²) >= 11 is 6.25. The minimum atomic E-state index is 0.0174. The van der Waals surface area contributed by atoms with Gasteiger partial charge in [-0.25, -0.2) is 4.98 Å². The monoisotopic (exact) mass is 412 g/mol. The molecule has 6 nitrogen and oxygen atoms in total. The Hall–Kier alpha value is -2.60. The molecule has 152 valence electrons. The zero-order valence-electron chi connectivity index (χ0n) is 16.7. The van der Waals surface area contributed by atoms with Crippen LogP contribution < -0.4 is 0 Å². The summed E-state index contributed by atoms with van der Waals surface area (Å²) in [5.41, 5.74) is 1.65. The molecule has 1 aliphatic rings. The molecule has 0 aliphatic carbocycles. The lowest BCUT2D eigenvalue weighted by molar-refractivity contribution is 0.0683. The van der Waals surface area contributed by atoms with Gasteiger partial charge in [0.15, 0.2) is 5.89 Å². The Bertz CT molecular complexity index is 994. The molecule has 1 amide bonds. The summed E-state index contributed by atoms with van der Waals surface area (Å²) in [6.45, 7) is 5.39. The second-order valence-corrected chi connectivity index (χ2v) is 8.19. The zero-order chi connectivity index (χ0) is 20.4. The van der Waals surface area contributed by atoms with E-state index in [4.69, 9.17) is 16.0 Å². The number of nitrogens with zero attached hydrogens (tertiary/aromatic N) is 4. The minimum Gasteiger partial charge on any atom is -0.445 e. The van der Waals surface area contributed by atoms with Crippen molar-refractivity contribution in [2.75, 3.05) is 13.1 Å². The van der Waals surface area contributed by atoms with Gasteiger partial charge in [-0.15, -0.1) is 0 Å². The van der Waals surface area contributed by atoms with Crippen molar-refractivity contribution in [3.63, 3.8) is 0 Å². The van der Waals surface area contributed by atoms with Gasteiger partial charge < -0.3 is 9.32 Å². The van der Waals surface area contributed by atoms with Crippen molar-refractivity contribution < 1.29 is 9.21 Å². The highest BCUT2D eigenvalue weighted by atomic mass is 35.5. The molecule has 0 saturated carbocycles. The fourth-order valence-electron chi connectivity index (χ4n) is 3.84. The Kier molecular flexibility index (Phi) is 5.72. The molecule has 7 heteroatoms. The van der Waals surface area contributed by atoms with Gasteiger partial charge in [-0.2, -0.15) is 5.10 Å². The normalized spacial score (nSPS) is 17.1. The molecule has 3 aromatic rings. The van der Waals surface area contributed by atoms with Gasteiger partial charge in [0, 0.05) is 36.8 Å². The van der Waals surface area contributed by atoms with Crippen LogP contribution in [-0.2, 0) is 6.42 Å². The molecule has 1 saturated heterocycles. The number of oxazole rings is 1. The van der Waals surface area contributed by atoms with Gasteiger partial charge in [-0.3, -0.25) is 9.48 Å². The lowest BCUT2D eigenvalue weighted by Gasteiger charge is -2.31. The number of benzene rings is 1. The van der Waals surface area contributed by atoms with Crippen LogP contribution in [0.5, 0.6) is 0 Å². The highest BCUT2D eigenvalue weighted by Gasteiger charge is 2.30. The van der Waals surface area contributed by atoms with Crippen LogP contribution in [0.1, 0.15) is 66.4 Å². The van der Waals surface area contributed by atoms with Crippen LogP contribution in [0.15, 0.2) is 47.1 Å². The number of piperidine rings is 1. The van der Waals surface area contributed by atoms with Gasteiger partial charge in [-0.1, -0.05) is 29.8 Å². The third-order valence-corrected chi connectivity index (χ3v) is 5.70. The second kappa shape index (κ2) is 8.41. The van der Waals surface area contributed by atoms with Gasteiger partial charge in [-0.05, 0) is 44.4 Å². The minimum absolute atomic E-state index is 0.0174. The molecule has 29 heavy (non-hydrogen) atoms. The van der Waals surface area contributed by atoms with E-state index >= 15 is 0 Å². The first-order valence-electron chi connectivity index (χ1n) is 10.0. The van der Waals surface area contributed by atoms with E-state index in [0.717, 1.165) is 35.7 Å². The van der Waals surface area contributed by atoms with Crippen LogP contribution in [-0.4, -0.2) is 38.7 Å². The molecule has 1 aliphatic heterocycles. The fourth-order valence-corrected chi connectivity index (χ4v) is 4.05. The van der Waals surface area contributed by atoms with Gasteiger partial charge in [0.1, 0.15) is 11.5 Å². The molecule has 2 aromatic heterocycles. The molecule has 0 bridgehead atoms. The lowest BCUT2D eigenvalue weighted by Crippen LogP contribution is -2.40. The predicted octanol–water partition coefficient (Wildman–Crippen LogP) is 4.72. The molecule has 0 radical (unpaired) electrons. The van der Waals surface area contributed by atoms with E-state index in [-0.39, 0.29) is 17.9 Å². The zero-order valence-corrected chi connectivity index (χ0v) is 17.5. The van der Waals surface area contributed by atoms with Gasteiger partial charge >= 0.3 is 0 Å². The summed E-state index contributed by atoms with van der Waals surface area (Å²) < 4.78 is 7.81. The smallest absolute Gasteiger partial charge is 0.272 e. The van der Waals surface area contributed by atoms with E-state index in [1.54, 1.807) is 23.1 Å². The molecular formula is C22H25ClN4O2. The average molecular weight is 413 g/mol. The number of hydrogen-bond donors (Lipinski definition) is 0. The topological polar surface area (TPSA) is 64.2 Å². The van der Waals surface area contributed by atoms with Crippen molar-refractivity contribution >= 4 is 17.5 Å². The number of carbonyl (C=O) groups excluding carboxylic acids is 1. The number of likely N-dealkylation sites (tertiary alicyclic amines) is 1. The van der Waals surface area contributed by atoms with Crippen molar-refractivity contribution in [2.45, 2.75) is 45.1 Å². The third kappa shape index (κ3) is 4.22. The van der Waals surface area contributed by atoms with Crippen LogP contribution in [0.2, 0.25) is 5.02 Å². The highest BCUT2D eigenvalue weighted by molar-refractivity contribution is 6.31. The lowest BCUT2D eigenvalue weighted by atomic mass is 9.97. The van der Waals surface area contributed by atoms with Gasteiger partial charge in [0.2, 0.25) is 0 Å². The van der Waals surface area contributed by atoms with Crippen molar-refractivity contribution in [3.8, 4) is 0 Å². The molecule has 1 fully saturated rings. The quantitative estimate of drug-likeness (QED) is 0.608. The molecule has 0 N–H and O–H groups in total. The summed E-state index contributed by atoms with van der Waals surface area (Å²) in [7, 11) is 0. The summed E-state index contributed by atoms with van der Waals surface area (Å²) in [4.78, 5) is 19.4. The standard InChI is InChI=1S/C22H25ClN4O2/c1-15(2)27-20(9-10-25-27)22(28)26-11-5-7-17(14-26)21-24-13-18(29-21)12-16-6-3-4-8-19(16)23/h3-4,6,8-10,13,15,17H,5,7,11-12,14H2,1-2H3/t17-/m1/s1. The summed E-state index contributed by atoms with van der Waals surface area (Å²) in [6.07, 6.45) is 5.94. The average Bonchev–Trinajstić information content (AvgIpc) is 3.39. The number of hydrogen-bond acceptors (Lipinski definition) is 4. The fraction of sp³-hybridized carbons (Fsp3) is 0.409. The number of rotatable bonds is 5. The number of carbonyl (C=O) groups is 1. The Morgan fingerprint density at radius 1 is 1.31 bits per heavy atom. The Labute approximate surface area is 175 Å². The van der Waals surface area contributed by atoms with E-state index in [0.29, 0.717) is 24.6 Å². The van der Waals surface area contributed by atoms with E-state index in [1.807, 2.05) is 43.0 Å². The summed E-state index contributed by atoms with van der Waals surface area (Å²) in [6, 6.07) is 9.67. The molecule has 1 aromatic carbocycles. The molecule has 1 atom stereocenters. The van der Waals surface area contributed by atoms with Crippen LogP contribution in [0.3, 0.4) is 0 Å². The largest absolute Gasteiger partial charge is 0.445 e. The van der Waals surface area contributed by atoms with Crippen molar-refractivity contribution in [3.05, 3.63) is 70.7 Å². The van der Waals surface area contributed by atoms with E-state index in [2.05, 4.69) is 10.1 Å². The van der Waals surface area contributed by atoms with Crippen LogP contribution in [0.4, 0.5) is 0 Å². The Morgan fingerprint density at radius 2 is 2.14 bits per heavy atom. The third-order valence-electron chi connectivity index (χ3n) is 5.33. The second-order valence-electron chi connectivity index (χ2n) is 7.78. The molecule has 3 heterocycles. The summed E-state index contributed by atoms with van der Waals surface area (Å²) in [5, 5.41) is 5.01. The van der Waals surface area contributed by atoms with Crippen LogP contribution >= 0.6 is 11.6 Å². The van der Waals surface area contributed by atoms with Crippen molar-refractivity contribution in [1.29, 1.82) is 0 Å². The van der Waals surface area contributed by atoms with E-state index in [1.165, 1.54) is 0 Å². The molecule has 0 spiro atoms. The number of aromatic nitrogens is 3. The SMILES string of the molecule is CC(C)n1nccc1C(=O)N1CCC[C@@H](c2ncc(Cc3ccccc3Cl)o2)C1. The van der Waals surface area contributed by atoms with Crippen LogP contribution in [0, 0.1) is 0 Å². The van der Waals surface area contributed by atoms with Crippen molar-refractivity contribution in [1.82, 2.24) is 19.7 Å². The molecular weight excluding hydrogens is 388 g/mol. The first kappa shape index (κ1) is 19.7. The molecule has 4 rings (SSSR count). The number of amides is 1. The van der Waals surface area contributed by atoms with Crippen LogP contribution in [0.25, 0.3) is 0 Å². The van der Waals surface area contributed by atoms with Crippen molar-refractivity contribution in [2.24, 2.45) is 0 Å². The maximum Gasteiger partial charge on any atom is 0.272 e. The van der Waals surface area contributed by atoms with E-state index in [9.17, 15) is 4.79 Å².